The maximum absolute atomic E-state index is 14.8. The zero-order valence-corrected chi connectivity index (χ0v) is 37.7. The number of amides is 2. The Hall–Kier alpha value is -5.23. The Bertz CT molecular complexity index is 2380. The number of benzene rings is 3. The molecule has 0 saturated carbocycles. The van der Waals surface area contributed by atoms with Crippen LogP contribution < -0.4 is 10.4 Å². The molecule has 9 nitrogen and oxygen atoms in total. The number of carbonyl (C=O) groups is 2. The maximum Gasteiger partial charge on any atom is 0.261 e. The van der Waals surface area contributed by atoms with Crippen LogP contribution in [0.25, 0.3) is 11.6 Å². The summed E-state index contributed by atoms with van der Waals surface area (Å²) in [5.41, 5.74) is 5.33. The van der Waals surface area contributed by atoms with Gasteiger partial charge in [-0.15, -0.1) is 0 Å². The number of furan rings is 1. The van der Waals surface area contributed by atoms with Gasteiger partial charge in [0.1, 0.15) is 18.1 Å². The van der Waals surface area contributed by atoms with Crippen LogP contribution in [0.1, 0.15) is 75.7 Å². The number of rotatable bonds is 14. The van der Waals surface area contributed by atoms with Crippen LogP contribution in [-0.2, 0) is 31.9 Å². The Morgan fingerprint density at radius 2 is 1.51 bits per heavy atom. The maximum atomic E-state index is 14.8. The minimum atomic E-state index is -2.95. The quantitative estimate of drug-likeness (QED) is 0.0680. The summed E-state index contributed by atoms with van der Waals surface area (Å²) < 4.78 is 20.3. The third kappa shape index (κ3) is 8.59. The highest BCUT2D eigenvalue weighted by molar-refractivity contribution is 6.99. The van der Waals surface area contributed by atoms with E-state index in [-0.39, 0.29) is 41.5 Å². The Morgan fingerprint density at radius 1 is 0.841 bits per heavy atom. The predicted molar refractivity (Wildman–Crippen MR) is 248 cm³/mol. The summed E-state index contributed by atoms with van der Waals surface area (Å²) in [6.07, 6.45) is 6.81. The second-order valence-corrected chi connectivity index (χ2v) is 23.0. The standard InChI is InChI=1S/C53H59N3O6Si/c1-53(2,3)63(43-17-9-5-10-18-43,44-19-11-6-12-20-44)61-35-39-32-45-50(52(59)56(51(45)58)40-26-29-55(30-27-40)33-37-15-7-4-8-16-37)46-36-60-48(49(39)46)25-22-38(47-21-13-14-28-54-47)31-41-23-24-42(34-57)62-41/h4-21,23-24,28,31,40,45-46,48,50,57H,22,25-27,29-30,32-36H2,1-3H3/b38-31-/t45-,46+,48-,50-/m1/s1. The number of hydrogen-bond acceptors (Lipinski definition) is 8. The molecule has 0 spiro atoms. The van der Waals surface area contributed by atoms with Gasteiger partial charge in [0.05, 0.1) is 36.8 Å². The molecule has 63 heavy (non-hydrogen) atoms. The number of pyridine rings is 1. The molecule has 4 aliphatic rings. The van der Waals surface area contributed by atoms with Crippen molar-refractivity contribution in [1.82, 2.24) is 14.8 Å². The average Bonchev–Trinajstić information content (AvgIpc) is 4.02. The summed E-state index contributed by atoms with van der Waals surface area (Å²) in [5.74, 6) is -0.0382. The Morgan fingerprint density at radius 3 is 2.13 bits per heavy atom. The minimum absolute atomic E-state index is 0.0296. The SMILES string of the molecule is CC(C)(C)[Si](OCC1=C2[C@@H](CC/C(=C/c3ccc(CO)o3)c3ccccn3)OC[C@@H]2[C@@H]2C(=O)N(C3CCN(Cc4ccccc4)CC3)C(=O)[C@@H]2C1)(c1ccccc1)c1ccccc1. The zero-order chi connectivity index (χ0) is 43.6. The normalized spacial score (nSPS) is 22.5. The lowest BCUT2D eigenvalue weighted by molar-refractivity contribution is -0.144. The van der Waals surface area contributed by atoms with E-state index in [0.717, 1.165) is 54.9 Å². The fraction of sp³-hybridized carbons (Fsp3) is 0.377. The molecule has 3 aliphatic heterocycles. The molecule has 2 amide bonds. The van der Waals surface area contributed by atoms with E-state index in [1.807, 2.05) is 36.4 Å². The number of aromatic nitrogens is 1. The van der Waals surface area contributed by atoms with Gasteiger partial charge in [-0.25, -0.2) is 0 Å². The van der Waals surface area contributed by atoms with Gasteiger partial charge in [0.2, 0.25) is 11.8 Å². The summed E-state index contributed by atoms with van der Waals surface area (Å²) in [6, 6.07) is 41.3. The van der Waals surface area contributed by atoms with Crippen LogP contribution >= 0.6 is 0 Å². The molecule has 1 aliphatic carbocycles. The third-order valence-corrected chi connectivity index (χ3v) is 18.9. The van der Waals surface area contributed by atoms with Crippen molar-refractivity contribution in [2.75, 3.05) is 26.3 Å². The lowest BCUT2D eigenvalue weighted by atomic mass is 9.69. The first-order valence-corrected chi connectivity index (χ1v) is 24.6. The zero-order valence-electron chi connectivity index (χ0n) is 36.7. The van der Waals surface area contributed by atoms with Gasteiger partial charge in [0.25, 0.3) is 8.32 Å². The van der Waals surface area contributed by atoms with Crippen molar-refractivity contribution >= 4 is 42.2 Å². The first-order chi connectivity index (χ1) is 30.6. The largest absolute Gasteiger partial charge is 0.459 e. The fourth-order valence-corrected chi connectivity index (χ4v) is 15.5. The molecule has 0 unspecified atom stereocenters. The molecule has 9 rings (SSSR count). The minimum Gasteiger partial charge on any atom is -0.459 e. The summed E-state index contributed by atoms with van der Waals surface area (Å²) in [4.78, 5) is 38.4. The van der Waals surface area contributed by atoms with Gasteiger partial charge in [-0.3, -0.25) is 24.4 Å². The molecular formula is C53H59N3O6Si. The molecule has 0 bridgehead atoms. The molecule has 3 fully saturated rings. The molecule has 5 heterocycles. The highest BCUT2D eigenvalue weighted by Crippen LogP contribution is 2.51. The van der Waals surface area contributed by atoms with Gasteiger partial charge in [-0.05, 0) is 100 Å². The van der Waals surface area contributed by atoms with Crippen LogP contribution in [-0.4, -0.2) is 78.5 Å². The van der Waals surface area contributed by atoms with Crippen molar-refractivity contribution in [3.8, 4) is 0 Å². The van der Waals surface area contributed by atoms with Gasteiger partial charge >= 0.3 is 0 Å². The summed E-state index contributed by atoms with van der Waals surface area (Å²) >= 11 is 0. The van der Waals surface area contributed by atoms with E-state index < -0.39 is 20.2 Å². The second kappa shape index (κ2) is 18.5. The van der Waals surface area contributed by atoms with Crippen molar-refractivity contribution in [3.63, 3.8) is 0 Å². The van der Waals surface area contributed by atoms with Crippen molar-refractivity contribution in [2.45, 2.75) is 83.2 Å². The van der Waals surface area contributed by atoms with E-state index in [2.05, 4.69) is 111 Å². The summed E-state index contributed by atoms with van der Waals surface area (Å²) in [7, 11) is -2.95. The van der Waals surface area contributed by atoms with Crippen molar-refractivity contribution in [3.05, 3.63) is 161 Å². The van der Waals surface area contributed by atoms with Crippen molar-refractivity contribution in [2.24, 2.45) is 17.8 Å². The smallest absolute Gasteiger partial charge is 0.261 e. The number of aliphatic hydroxyl groups excluding tert-OH is 1. The third-order valence-electron chi connectivity index (χ3n) is 13.9. The second-order valence-electron chi connectivity index (χ2n) is 18.7. The van der Waals surface area contributed by atoms with Gasteiger partial charge in [-0.1, -0.05) is 118 Å². The number of allylic oxidation sites excluding steroid dienone is 1. The van der Waals surface area contributed by atoms with Crippen LogP contribution in [0.3, 0.4) is 0 Å². The predicted octanol–water partition coefficient (Wildman–Crippen LogP) is 8.05. The molecule has 1 N–H and O–H groups in total. The number of aliphatic hydroxyl groups is 1. The molecule has 326 valence electrons. The molecule has 10 heteroatoms. The highest BCUT2D eigenvalue weighted by Gasteiger charge is 2.59. The summed E-state index contributed by atoms with van der Waals surface area (Å²) in [6.45, 7) is 9.96. The number of carbonyl (C=O) groups excluding carboxylic acids is 2. The Labute approximate surface area is 372 Å². The van der Waals surface area contributed by atoms with Gasteiger partial charge < -0.3 is 18.7 Å². The van der Waals surface area contributed by atoms with Crippen LogP contribution in [0.15, 0.2) is 143 Å². The average molecular weight is 862 g/mol. The van der Waals surface area contributed by atoms with Crippen molar-refractivity contribution in [1.29, 1.82) is 0 Å². The first-order valence-electron chi connectivity index (χ1n) is 22.7. The Balaban J connectivity index is 1.04. The lowest BCUT2D eigenvalue weighted by Gasteiger charge is -2.44. The molecular weight excluding hydrogens is 803 g/mol. The van der Waals surface area contributed by atoms with Crippen molar-refractivity contribution < 1.29 is 28.3 Å². The van der Waals surface area contributed by atoms with E-state index in [9.17, 15) is 14.7 Å². The van der Waals surface area contributed by atoms with Crippen LogP contribution in [0.2, 0.25) is 5.04 Å². The van der Waals surface area contributed by atoms with E-state index in [1.165, 1.54) is 15.9 Å². The van der Waals surface area contributed by atoms with Gasteiger partial charge in [0, 0.05) is 37.8 Å². The van der Waals surface area contributed by atoms with E-state index in [1.54, 1.807) is 17.2 Å². The number of nitrogens with zero attached hydrogens (tertiary/aromatic N) is 3. The number of likely N-dealkylation sites (tertiary alicyclic amines) is 2. The molecule has 4 atom stereocenters. The molecule has 3 aromatic carbocycles. The topological polar surface area (TPSA) is 105 Å². The number of hydrogen-bond donors (Lipinski definition) is 1. The monoisotopic (exact) mass is 861 g/mol. The number of piperidine rings is 1. The van der Waals surface area contributed by atoms with Gasteiger partial charge in [0.15, 0.2) is 0 Å². The molecule has 0 radical (unpaired) electrons. The van der Waals surface area contributed by atoms with Gasteiger partial charge in [-0.2, -0.15) is 0 Å². The summed E-state index contributed by atoms with van der Waals surface area (Å²) in [5, 5.41) is 11.9. The highest BCUT2D eigenvalue weighted by atomic mass is 28.4. The fourth-order valence-electron chi connectivity index (χ4n) is 11.0. The van der Waals surface area contributed by atoms with Crippen LogP contribution in [0.5, 0.6) is 0 Å². The Kier molecular flexibility index (Phi) is 12.6. The number of ether oxygens (including phenoxy) is 1. The first kappa shape index (κ1) is 43.0. The van der Waals surface area contributed by atoms with E-state index in [0.29, 0.717) is 44.0 Å². The lowest BCUT2D eigenvalue weighted by Crippen LogP contribution is -2.66. The van der Waals surface area contributed by atoms with E-state index in [4.69, 9.17) is 18.6 Å². The molecule has 2 aromatic heterocycles. The number of fused-ring (bicyclic) bond motifs is 3. The molecule has 3 saturated heterocycles. The van der Waals surface area contributed by atoms with E-state index >= 15 is 0 Å². The van der Waals surface area contributed by atoms with Crippen LogP contribution in [0, 0.1) is 17.8 Å². The number of imide groups is 1. The molecule has 5 aromatic rings. The van der Waals surface area contributed by atoms with Crippen LogP contribution in [0.4, 0.5) is 0 Å².